The normalized spacial score (nSPS) is 16.7. The van der Waals surface area contributed by atoms with Crippen LogP contribution in [0, 0.1) is 5.92 Å². The first-order valence-electron chi connectivity index (χ1n) is 7.46. The van der Waals surface area contributed by atoms with Crippen LogP contribution in [-0.2, 0) is 0 Å². The topological polar surface area (TPSA) is 49.6 Å². The molecule has 0 saturated carbocycles. The molecule has 0 bridgehead atoms. The van der Waals surface area contributed by atoms with Crippen LogP contribution in [0.3, 0.4) is 0 Å². The maximum atomic E-state index is 12.4. The number of benzene rings is 1. The van der Waals surface area contributed by atoms with E-state index in [4.69, 9.17) is 5.73 Å². The summed E-state index contributed by atoms with van der Waals surface area (Å²) in [5.74, 6) is 0.597. The molecule has 6 heteroatoms. The molecule has 0 aliphatic carbocycles. The molecule has 2 rings (SSSR count). The molecule has 1 unspecified atom stereocenters. The lowest BCUT2D eigenvalue weighted by Gasteiger charge is -2.20. The van der Waals surface area contributed by atoms with Gasteiger partial charge in [0.2, 0.25) is 0 Å². The molecule has 1 aliphatic heterocycles. The fourth-order valence-corrected chi connectivity index (χ4v) is 2.72. The van der Waals surface area contributed by atoms with Crippen molar-refractivity contribution in [1.29, 1.82) is 0 Å². The van der Waals surface area contributed by atoms with Crippen molar-refractivity contribution in [3.63, 3.8) is 0 Å². The largest absolute Gasteiger partial charge is 0.375 e. The predicted octanol–water partition coefficient (Wildman–Crippen LogP) is 2.80. The molecule has 1 amide bonds. The van der Waals surface area contributed by atoms with Gasteiger partial charge in [-0.15, -0.1) is 24.8 Å². The smallest absolute Gasteiger partial charge is 0.253 e. The highest BCUT2D eigenvalue weighted by Crippen LogP contribution is 2.20. The molecule has 1 heterocycles. The second-order valence-electron chi connectivity index (χ2n) is 5.61. The lowest BCUT2D eigenvalue weighted by molar-refractivity contribution is 0.0787. The van der Waals surface area contributed by atoms with Gasteiger partial charge in [0.05, 0.1) is 0 Å². The van der Waals surface area contributed by atoms with Crippen LogP contribution < -0.4 is 10.6 Å². The SMILES string of the molecule is CCCN(C)c1ccc(C(=O)N2CCC(CN)C2)cc1.Cl.Cl. The van der Waals surface area contributed by atoms with E-state index in [2.05, 4.69) is 18.9 Å². The van der Waals surface area contributed by atoms with E-state index in [0.29, 0.717) is 12.5 Å². The molecular formula is C16H27Cl2N3O. The number of anilines is 1. The van der Waals surface area contributed by atoms with Crippen LogP contribution in [0.2, 0.25) is 0 Å². The van der Waals surface area contributed by atoms with Crippen molar-refractivity contribution in [3.8, 4) is 0 Å². The quantitative estimate of drug-likeness (QED) is 0.890. The monoisotopic (exact) mass is 347 g/mol. The number of carbonyl (C=O) groups is 1. The highest BCUT2D eigenvalue weighted by Gasteiger charge is 2.25. The first-order valence-corrected chi connectivity index (χ1v) is 7.46. The molecule has 1 aromatic carbocycles. The van der Waals surface area contributed by atoms with Crippen molar-refractivity contribution >= 4 is 36.4 Å². The van der Waals surface area contributed by atoms with Crippen molar-refractivity contribution in [2.75, 3.05) is 38.1 Å². The average molecular weight is 348 g/mol. The van der Waals surface area contributed by atoms with E-state index >= 15 is 0 Å². The Labute approximate surface area is 145 Å². The van der Waals surface area contributed by atoms with Crippen molar-refractivity contribution < 1.29 is 4.79 Å². The molecule has 1 aliphatic rings. The van der Waals surface area contributed by atoms with Gasteiger partial charge in [-0.2, -0.15) is 0 Å². The fourth-order valence-electron chi connectivity index (χ4n) is 2.72. The Morgan fingerprint density at radius 2 is 1.95 bits per heavy atom. The first kappa shape index (κ1) is 21.0. The Kier molecular flexibility index (Phi) is 9.49. The number of amides is 1. The Bertz CT molecular complexity index is 453. The van der Waals surface area contributed by atoms with Gasteiger partial charge >= 0.3 is 0 Å². The van der Waals surface area contributed by atoms with E-state index in [0.717, 1.165) is 43.7 Å². The summed E-state index contributed by atoms with van der Waals surface area (Å²) in [4.78, 5) is 16.5. The van der Waals surface area contributed by atoms with Crippen molar-refractivity contribution in [2.45, 2.75) is 19.8 Å². The molecule has 2 N–H and O–H groups in total. The third-order valence-corrected chi connectivity index (χ3v) is 4.02. The molecule has 1 saturated heterocycles. The molecule has 1 atom stereocenters. The van der Waals surface area contributed by atoms with Gasteiger partial charge in [-0.1, -0.05) is 6.92 Å². The second-order valence-corrected chi connectivity index (χ2v) is 5.61. The Balaban J connectivity index is 0.00000220. The fraction of sp³-hybridized carbons (Fsp3) is 0.562. The van der Waals surface area contributed by atoms with Crippen LogP contribution in [0.25, 0.3) is 0 Å². The number of carbonyl (C=O) groups excluding carboxylic acids is 1. The van der Waals surface area contributed by atoms with E-state index in [9.17, 15) is 4.79 Å². The van der Waals surface area contributed by atoms with Gasteiger partial charge in [0, 0.05) is 37.9 Å². The number of hydrogen-bond acceptors (Lipinski definition) is 3. The minimum atomic E-state index is 0. The molecule has 0 aromatic heterocycles. The van der Waals surface area contributed by atoms with E-state index in [1.807, 2.05) is 29.2 Å². The van der Waals surface area contributed by atoms with Crippen LogP contribution in [0.4, 0.5) is 5.69 Å². The highest BCUT2D eigenvalue weighted by atomic mass is 35.5. The number of rotatable bonds is 5. The summed E-state index contributed by atoms with van der Waals surface area (Å²) in [6, 6.07) is 7.91. The molecule has 22 heavy (non-hydrogen) atoms. The van der Waals surface area contributed by atoms with Crippen molar-refractivity contribution in [1.82, 2.24) is 4.90 Å². The maximum Gasteiger partial charge on any atom is 0.253 e. The number of nitrogens with two attached hydrogens (primary N) is 1. The van der Waals surface area contributed by atoms with E-state index in [1.54, 1.807) is 0 Å². The predicted molar refractivity (Wildman–Crippen MR) is 97.6 cm³/mol. The van der Waals surface area contributed by atoms with E-state index in [-0.39, 0.29) is 30.7 Å². The number of hydrogen-bond donors (Lipinski definition) is 1. The van der Waals surface area contributed by atoms with Crippen LogP contribution in [0.1, 0.15) is 30.1 Å². The van der Waals surface area contributed by atoms with Gasteiger partial charge in [-0.3, -0.25) is 4.79 Å². The second kappa shape index (κ2) is 9.93. The summed E-state index contributed by atoms with van der Waals surface area (Å²) in [6.07, 6.45) is 2.14. The summed E-state index contributed by atoms with van der Waals surface area (Å²) in [7, 11) is 2.08. The van der Waals surface area contributed by atoms with Gasteiger partial charge in [-0.05, 0) is 49.6 Å². The number of halogens is 2. The minimum Gasteiger partial charge on any atom is -0.375 e. The zero-order valence-electron chi connectivity index (χ0n) is 13.3. The van der Waals surface area contributed by atoms with Crippen LogP contribution in [0.15, 0.2) is 24.3 Å². The number of nitrogens with zero attached hydrogens (tertiary/aromatic N) is 2. The molecular weight excluding hydrogens is 321 g/mol. The molecule has 4 nitrogen and oxygen atoms in total. The van der Waals surface area contributed by atoms with Gasteiger partial charge in [-0.25, -0.2) is 0 Å². The zero-order valence-corrected chi connectivity index (χ0v) is 15.0. The molecule has 1 aromatic rings. The van der Waals surface area contributed by atoms with Crippen molar-refractivity contribution in [3.05, 3.63) is 29.8 Å². The summed E-state index contributed by atoms with van der Waals surface area (Å²) < 4.78 is 0. The minimum absolute atomic E-state index is 0. The molecule has 0 spiro atoms. The van der Waals surface area contributed by atoms with E-state index < -0.39 is 0 Å². The summed E-state index contributed by atoms with van der Waals surface area (Å²) in [5.41, 5.74) is 7.60. The van der Waals surface area contributed by atoms with Crippen molar-refractivity contribution in [2.24, 2.45) is 11.7 Å². The lowest BCUT2D eigenvalue weighted by Crippen LogP contribution is -2.29. The molecule has 0 radical (unpaired) electrons. The van der Waals surface area contributed by atoms with Gasteiger partial charge < -0.3 is 15.5 Å². The van der Waals surface area contributed by atoms with Gasteiger partial charge in [0.25, 0.3) is 5.91 Å². The van der Waals surface area contributed by atoms with Gasteiger partial charge in [0.15, 0.2) is 0 Å². The highest BCUT2D eigenvalue weighted by molar-refractivity contribution is 5.94. The third-order valence-electron chi connectivity index (χ3n) is 4.02. The van der Waals surface area contributed by atoms with Gasteiger partial charge in [0.1, 0.15) is 0 Å². The summed E-state index contributed by atoms with van der Waals surface area (Å²) >= 11 is 0. The average Bonchev–Trinajstić information content (AvgIpc) is 2.96. The first-order chi connectivity index (χ1) is 9.65. The van der Waals surface area contributed by atoms with Crippen LogP contribution >= 0.6 is 24.8 Å². The summed E-state index contributed by atoms with van der Waals surface area (Å²) in [6.45, 7) is 5.49. The van der Waals surface area contributed by atoms with E-state index in [1.165, 1.54) is 0 Å². The molecule has 126 valence electrons. The molecule has 1 fully saturated rings. The third kappa shape index (κ3) is 5.04. The Morgan fingerprint density at radius 3 is 2.45 bits per heavy atom. The van der Waals surface area contributed by atoms with Crippen LogP contribution in [-0.4, -0.2) is 44.0 Å². The standard InChI is InChI=1S/C16H25N3O.2ClH/c1-3-9-18(2)15-6-4-14(5-7-15)16(20)19-10-8-13(11-17)12-19;;/h4-7,13H,3,8-12,17H2,1-2H3;2*1H. The zero-order chi connectivity index (χ0) is 14.5. The Morgan fingerprint density at radius 1 is 1.32 bits per heavy atom. The van der Waals surface area contributed by atoms with Crippen LogP contribution in [0.5, 0.6) is 0 Å². The summed E-state index contributed by atoms with van der Waals surface area (Å²) in [5, 5.41) is 0. The number of likely N-dealkylation sites (tertiary alicyclic amines) is 1. The Hall–Kier alpha value is -0.970. The maximum absolute atomic E-state index is 12.4. The lowest BCUT2D eigenvalue weighted by atomic mass is 10.1.